The Labute approximate surface area is 130 Å². The molecule has 2 aromatic rings. The largest absolute Gasteiger partial charge is 0.368 e. The molecule has 2 rings (SSSR count). The summed E-state index contributed by atoms with van der Waals surface area (Å²) in [7, 11) is 0. The molecule has 0 bridgehead atoms. The molecule has 3 N–H and O–H groups in total. The Balaban J connectivity index is 2.11. The lowest BCUT2D eigenvalue weighted by atomic mass is 10.2. The number of hydrogen-bond donors (Lipinski definition) is 2. The molecule has 2 aromatic heterocycles. The van der Waals surface area contributed by atoms with Gasteiger partial charge in [0.1, 0.15) is 6.04 Å². The number of primary amides is 1. The molecule has 0 saturated carbocycles. The average Bonchev–Trinajstić information content (AvgIpc) is 2.90. The van der Waals surface area contributed by atoms with Gasteiger partial charge < -0.3 is 5.73 Å². The van der Waals surface area contributed by atoms with Crippen LogP contribution in [0.4, 0.5) is 0 Å². The minimum Gasteiger partial charge on any atom is -0.368 e. The van der Waals surface area contributed by atoms with Crippen molar-refractivity contribution in [1.82, 2.24) is 5.32 Å². The van der Waals surface area contributed by atoms with Gasteiger partial charge in [-0.2, -0.15) is 0 Å². The van der Waals surface area contributed by atoms with Gasteiger partial charge in [-0.3, -0.25) is 10.1 Å². The van der Waals surface area contributed by atoms with E-state index in [4.69, 9.17) is 5.73 Å². The Hall–Kier alpha value is -0.210. The third-order valence-electron chi connectivity index (χ3n) is 2.29. The normalized spacial score (nSPS) is 12.6. The number of nitrogens with two attached hydrogens (primary N) is 1. The van der Waals surface area contributed by atoms with Crippen LogP contribution in [0.2, 0.25) is 0 Å². The van der Waals surface area contributed by atoms with Crippen molar-refractivity contribution in [3.05, 3.63) is 41.6 Å². The SMILES string of the molecule is NC(=O)C(NCc1cccs1)c1cc(Br)c(Br)s1. The minimum atomic E-state index is -0.459. The summed E-state index contributed by atoms with van der Waals surface area (Å²) in [6, 6.07) is 5.46. The van der Waals surface area contributed by atoms with Crippen molar-refractivity contribution in [1.29, 1.82) is 0 Å². The van der Waals surface area contributed by atoms with Crippen LogP contribution >= 0.6 is 54.5 Å². The molecule has 0 radical (unpaired) electrons. The zero-order valence-corrected chi connectivity index (χ0v) is 14.0. The van der Waals surface area contributed by atoms with E-state index in [-0.39, 0.29) is 5.91 Å². The smallest absolute Gasteiger partial charge is 0.240 e. The van der Waals surface area contributed by atoms with E-state index in [2.05, 4.69) is 37.2 Å². The van der Waals surface area contributed by atoms with Crippen LogP contribution < -0.4 is 11.1 Å². The highest BCUT2D eigenvalue weighted by molar-refractivity contribution is 9.13. The quantitative estimate of drug-likeness (QED) is 0.791. The number of hydrogen-bond acceptors (Lipinski definition) is 4. The number of halogens is 2. The number of thiophene rings is 2. The summed E-state index contributed by atoms with van der Waals surface area (Å²) >= 11 is 9.97. The molecule has 0 fully saturated rings. The van der Waals surface area contributed by atoms with Gasteiger partial charge in [0, 0.05) is 20.8 Å². The second-order valence-electron chi connectivity index (χ2n) is 3.57. The van der Waals surface area contributed by atoms with Crippen molar-refractivity contribution in [3.63, 3.8) is 0 Å². The van der Waals surface area contributed by atoms with Crippen LogP contribution in [-0.2, 0) is 11.3 Å². The fraction of sp³-hybridized carbons (Fsp3) is 0.182. The van der Waals surface area contributed by atoms with Crippen molar-refractivity contribution in [2.75, 3.05) is 0 Å². The zero-order chi connectivity index (χ0) is 13.1. The summed E-state index contributed by atoms with van der Waals surface area (Å²) in [6.45, 7) is 0.637. The highest BCUT2D eigenvalue weighted by Crippen LogP contribution is 2.35. The van der Waals surface area contributed by atoms with Crippen molar-refractivity contribution in [3.8, 4) is 0 Å². The van der Waals surface area contributed by atoms with E-state index in [0.29, 0.717) is 6.54 Å². The summed E-state index contributed by atoms with van der Waals surface area (Å²) in [4.78, 5) is 13.6. The monoisotopic (exact) mass is 408 g/mol. The van der Waals surface area contributed by atoms with Crippen LogP contribution in [0.1, 0.15) is 15.8 Å². The fourth-order valence-corrected chi connectivity index (χ4v) is 4.29. The molecular weight excluding hydrogens is 400 g/mol. The van der Waals surface area contributed by atoms with Gasteiger partial charge in [-0.25, -0.2) is 0 Å². The van der Waals surface area contributed by atoms with Gasteiger partial charge in [0.05, 0.1) is 3.79 Å². The van der Waals surface area contributed by atoms with Crippen LogP contribution in [0.25, 0.3) is 0 Å². The summed E-state index contributed by atoms with van der Waals surface area (Å²) in [5, 5.41) is 5.19. The van der Waals surface area contributed by atoms with E-state index in [9.17, 15) is 4.79 Å². The van der Waals surface area contributed by atoms with Crippen molar-refractivity contribution < 1.29 is 4.79 Å². The maximum Gasteiger partial charge on any atom is 0.240 e. The number of carbonyl (C=O) groups excluding carboxylic acids is 1. The van der Waals surface area contributed by atoms with Gasteiger partial charge in [0.15, 0.2) is 0 Å². The number of carbonyl (C=O) groups is 1. The predicted octanol–water partition coefficient (Wildman–Crippen LogP) is 3.65. The molecule has 3 nitrogen and oxygen atoms in total. The average molecular weight is 410 g/mol. The Morgan fingerprint density at radius 3 is 2.78 bits per heavy atom. The standard InChI is InChI=1S/C11H10Br2N2OS2/c12-7-4-8(18-10(7)13)9(11(14)16)15-5-6-2-1-3-17-6/h1-4,9,15H,5H2,(H2,14,16). The van der Waals surface area contributed by atoms with Gasteiger partial charge in [-0.15, -0.1) is 22.7 Å². The Kier molecular flexibility index (Phi) is 4.97. The molecule has 96 valence electrons. The highest BCUT2D eigenvalue weighted by Gasteiger charge is 2.20. The molecule has 18 heavy (non-hydrogen) atoms. The minimum absolute atomic E-state index is 0.368. The van der Waals surface area contributed by atoms with Gasteiger partial charge >= 0.3 is 0 Å². The maximum atomic E-state index is 11.5. The molecule has 1 amide bonds. The van der Waals surface area contributed by atoms with E-state index >= 15 is 0 Å². The zero-order valence-electron chi connectivity index (χ0n) is 9.15. The molecule has 0 aliphatic heterocycles. The second kappa shape index (κ2) is 6.29. The number of amides is 1. The first kappa shape index (κ1) is 14.2. The first-order valence-corrected chi connectivity index (χ1v) is 8.36. The van der Waals surface area contributed by atoms with Crippen molar-refractivity contribution in [2.24, 2.45) is 5.73 Å². The van der Waals surface area contributed by atoms with Gasteiger partial charge in [-0.1, -0.05) is 6.07 Å². The Morgan fingerprint density at radius 2 is 2.28 bits per heavy atom. The lowest BCUT2D eigenvalue weighted by Gasteiger charge is -2.12. The highest BCUT2D eigenvalue weighted by atomic mass is 79.9. The van der Waals surface area contributed by atoms with Crippen LogP contribution in [0.5, 0.6) is 0 Å². The van der Waals surface area contributed by atoms with E-state index in [1.54, 1.807) is 11.3 Å². The first-order valence-electron chi connectivity index (χ1n) is 5.07. The van der Waals surface area contributed by atoms with Crippen LogP contribution in [0.15, 0.2) is 31.8 Å². The molecule has 1 unspecified atom stereocenters. The molecule has 0 aliphatic rings. The fourth-order valence-electron chi connectivity index (χ4n) is 1.46. The van der Waals surface area contributed by atoms with E-state index < -0.39 is 6.04 Å². The first-order chi connectivity index (χ1) is 8.58. The predicted molar refractivity (Wildman–Crippen MR) is 82.8 cm³/mol. The molecule has 0 aliphatic carbocycles. The Morgan fingerprint density at radius 1 is 1.50 bits per heavy atom. The summed E-state index contributed by atoms with van der Waals surface area (Å²) in [6.07, 6.45) is 0. The van der Waals surface area contributed by atoms with E-state index in [0.717, 1.165) is 13.1 Å². The van der Waals surface area contributed by atoms with Crippen LogP contribution in [-0.4, -0.2) is 5.91 Å². The van der Waals surface area contributed by atoms with Gasteiger partial charge in [0.2, 0.25) is 5.91 Å². The summed E-state index contributed by atoms with van der Waals surface area (Å²) in [5.41, 5.74) is 5.45. The molecule has 0 saturated heterocycles. The van der Waals surface area contributed by atoms with Crippen molar-refractivity contribution >= 4 is 60.4 Å². The molecular formula is C11H10Br2N2OS2. The van der Waals surface area contributed by atoms with Gasteiger partial charge in [0.25, 0.3) is 0 Å². The number of rotatable bonds is 5. The summed E-state index contributed by atoms with van der Waals surface area (Å²) < 4.78 is 1.90. The third-order valence-corrected chi connectivity index (χ3v) is 6.49. The van der Waals surface area contributed by atoms with Crippen LogP contribution in [0.3, 0.4) is 0 Å². The Bertz CT molecular complexity index is 520. The molecule has 1 atom stereocenters. The topological polar surface area (TPSA) is 55.1 Å². The van der Waals surface area contributed by atoms with Crippen LogP contribution in [0, 0.1) is 0 Å². The molecule has 2 heterocycles. The summed E-state index contributed by atoms with van der Waals surface area (Å²) in [5.74, 6) is -0.368. The van der Waals surface area contributed by atoms with E-state index in [1.807, 2.05) is 23.6 Å². The number of nitrogens with one attached hydrogen (secondary N) is 1. The van der Waals surface area contributed by atoms with E-state index in [1.165, 1.54) is 16.2 Å². The molecule has 7 heteroatoms. The third kappa shape index (κ3) is 3.42. The van der Waals surface area contributed by atoms with Gasteiger partial charge in [-0.05, 0) is 49.4 Å². The second-order valence-corrected chi connectivity index (χ2v) is 7.85. The lowest BCUT2D eigenvalue weighted by Crippen LogP contribution is -2.32. The maximum absolute atomic E-state index is 11.5. The van der Waals surface area contributed by atoms with Crippen molar-refractivity contribution in [2.45, 2.75) is 12.6 Å². The lowest BCUT2D eigenvalue weighted by molar-refractivity contribution is -0.120. The molecule has 0 aromatic carbocycles. The molecule has 0 spiro atoms.